The average Bonchev–Trinajstić information content (AvgIpc) is 3.31. The van der Waals surface area contributed by atoms with Crippen molar-refractivity contribution in [2.75, 3.05) is 4.72 Å². The second-order valence-corrected chi connectivity index (χ2v) is 9.04. The maximum atomic E-state index is 12.3. The van der Waals surface area contributed by atoms with E-state index in [9.17, 15) is 16.8 Å². The van der Waals surface area contributed by atoms with E-state index >= 15 is 0 Å². The van der Waals surface area contributed by atoms with Crippen molar-refractivity contribution in [3.8, 4) is 0 Å². The zero-order valence-corrected chi connectivity index (χ0v) is 14.7. The highest BCUT2D eigenvalue weighted by Gasteiger charge is 2.28. The van der Waals surface area contributed by atoms with Crippen LogP contribution in [-0.4, -0.2) is 27.9 Å². The van der Waals surface area contributed by atoms with Gasteiger partial charge in [-0.1, -0.05) is 11.6 Å². The Balaban J connectivity index is 1.80. The number of sulfonamides is 2. The molecule has 1 aliphatic rings. The quantitative estimate of drug-likeness (QED) is 0.737. The van der Waals surface area contributed by atoms with E-state index in [1.54, 1.807) is 0 Å². The Labute approximate surface area is 145 Å². The molecular weight excluding hydrogens is 374 g/mol. The number of benzene rings is 1. The average molecular weight is 388 g/mol. The maximum Gasteiger partial charge on any atom is 0.264 e. The summed E-state index contributed by atoms with van der Waals surface area (Å²) in [4.78, 5) is 3.65. The summed E-state index contributed by atoms with van der Waals surface area (Å²) in [6.45, 7) is 0. The van der Waals surface area contributed by atoms with Gasteiger partial charge < -0.3 is 0 Å². The largest absolute Gasteiger partial charge is 0.280 e. The third-order valence-electron chi connectivity index (χ3n) is 3.33. The minimum absolute atomic E-state index is 0.000835. The van der Waals surface area contributed by atoms with Crippen molar-refractivity contribution in [1.82, 2.24) is 9.71 Å². The van der Waals surface area contributed by atoms with Gasteiger partial charge in [0, 0.05) is 17.9 Å². The molecular formula is C14H14ClN3O4S2. The first kappa shape index (κ1) is 17.2. The van der Waals surface area contributed by atoms with Gasteiger partial charge >= 0.3 is 0 Å². The molecule has 0 bridgehead atoms. The highest BCUT2D eigenvalue weighted by atomic mass is 35.5. The van der Waals surface area contributed by atoms with Gasteiger partial charge in [-0.2, -0.15) is 0 Å². The minimum Gasteiger partial charge on any atom is -0.280 e. The molecule has 1 fully saturated rings. The first-order chi connectivity index (χ1) is 11.3. The summed E-state index contributed by atoms with van der Waals surface area (Å²) in [5, 5.41) is -0.141. The van der Waals surface area contributed by atoms with Gasteiger partial charge in [0.2, 0.25) is 10.0 Å². The molecule has 0 aliphatic heterocycles. The van der Waals surface area contributed by atoms with Crippen LogP contribution in [0.25, 0.3) is 0 Å². The molecule has 0 radical (unpaired) electrons. The van der Waals surface area contributed by atoms with Crippen LogP contribution in [-0.2, 0) is 20.0 Å². The number of pyridine rings is 1. The molecule has 10 heteroatoms. The molecule has 1 aromatic heterocycles. The summed E-state index contributed by atoms with van der Waals surface area (Å²) >= 11 is 5.80. The van der Waals surface area contributed by atoms with E-state index in [-0.39, 0.29) is 26.7 Å². The Hall–Kier alpha value is -1.68. The predicted octanol–water partition coefficient (Wildman–Crippen LogP) is 1.98. The summed E-state index contributed by atoms with van der Waals surface area (Å²) in [5.41, 5.74) is 0.222. The zero-order valence-electron chi connectivity index (χ0n) is 12.3. The maximum absolute atomic E-state index is 12.3. The lowest BCUT2D eigenvalue weighted by Gasteiger charge is -2.10. The van der Waals surface area contributed by atoms with E-state index in [4.69, 9.17) is 11.6 Å². The highest BCUT2D eigenvalue weighted by molar-refractivity contribution is 7.92. The number of anilines is 1. The van der Waals surface area contributed by atoms with E-state index in [0.717, 1.165) is 12.8 Å². The third kappa shape index (κ3) is 3.86. The Morgan fingerprint density at radius 3 is 2.25 bits per heavy atom. The number of rotatable bonds is 6. The number of nitrogens with zero attached hydrogens (tertiary/aromatic N) is 1. The van der Waals surface area contributed by atoms with Crippen LogP contribution >= 0.6 is 11.6 Å². The van der Waals surface area contributed by atoms with Crippen molar-refractivity contribution in [2.45, 2.75) is 28.7 Å². The van der Waals surface area contributed by atoms with Crippen molar-refractivity contribution >= 4 is 37.3 Å². The van der Waals surface area contributed by atoms with Crippen molar-refractivity contribution in [3.05, 3.63) is 47.7 Å². The highest BCUT2D eigenvalue weighted by Crippen LogP contribution is 2.24. The van der Waals surface area contributed by atoms with Crippen LogP contribution in [0.5, 0.6) is 0 Å². The van der Waals surface area contributed by atoms with E-state index < -0.39 is 20.0 Å². The normalized spacial score (nSPS) is 15.2. The lowest BCUT2D eigenvalue weighted by molar-refractivity contribution is 0.581. The fourth-order valence-corrected chi connectivity index (χ4v) is 4.79. The Morgan fingerprint density at radius 1 is 1.00 bits per heavy atom. The molecule has 2 aromatic rings. The minimum atomic E-state index is -3.91. The van der Waals surface area contributed by atoms with Gasteiger partial charge in [0.1, 0.15) is 10.0 Å². The topological polar surface area (TPSA) is 105 Å². The van der Waals surface area contributed by atoms with Crippen molar-refractivity contribution in [1.29, 1.82) is 0 Å². The SMILES string of the molecule is O=S(=O)(NC1CC1)c1ccc(NS(=O)(=O)c2cccnc2Cl)cc1. The molecule has 3 rings (SSSR count). The molecule has 0 amide bonds. The predicted molar refractivity (Wildman–Crippen MR) is 89.8 cm³/mol. The van der Waals surface area contributed by atoms with Crippen LogP contribution in [0.15, 0.2) is 52.4 Å². The Kier molecular flexibility index (Phi) is 4.52. The van der Waals surface area contributed by atoms with E-state index in [2.05, 4.69) is 14.4 Å². The molecule has 1 saturated carbocycles. The van der Waals surface area contributed by atoms with Crippen LogP contribution in [0, 0.1) is 0 Å². The number of hydrogen-bond acceptors (Lipinski definition) is 5. The second kappa shape index (κ2) is 6.32. The van der Waals surface area contributed by atoms with Crippen LogP contribution in [0.1, 0.15) is 12.8 Å². The first-order valence-electron chi connectivity index (χ1n) is 7.04. The van der Waals surface area contributed by atoms with Crippen LogP contribution < -0.4 is 9.44 Å². The van der Waals surface area contributed by atoms with Crippen LogP contribution in [0.4, 0.5) is 5.69 Å². The molecule has 0 atom stereocenters. The van der Waals surface area contributed by atoms with Gasteiger partial charge in [-0.15, -0.1) is 0 Å². The third-order valence-corrected chi connectivity index (χ3v) is 6.69. The lowest BCUT2D eigenvalue weighted by atomic mass is 10.3. The summed E-state index contributed by atoms with van der Waals surface area (Å²) in [6.07, 6.45) is 3.06. The zero-order chi connectivity index (χ0) is 17.4. The van der Waals surface area contributed by atoms with Crippen molar-refractivity contribution in [2.24, 2.45) is 0 Å². The fraction of sp³-hybridized carbons (Fsp3) is 0.214. The number of aromatic nitrogens is 1. The molecule has 0 saturated heterocycles. The standard InChI is InChI=1S/C14H14ClN3O4S2/c15-14-13(2-1-9-16-14)24(21,22)18-11-5-7-12(8-6-11)23(19,20)17-10-3-4-10/h1-2,5-10,17-18H,3-4H2. The fourth-order valence-electron chi connectivity index (χ4n) is 1.97. The molecule has 128 valence electrons. The summed E-state index contributed by atoms with van der Waals surface area (Å²) in [6, 6.07) is 8.23. The van der Waals surface area contributed by atoms with Crippen LogP contribution in [0.2, 0.25) is 5.15 Å². The number of halogens is 1. The van der Waals surface area contributed by atoms with Gasteiger partial charge in [-0.3, -0.25) is 4.72 Å². The summed E-state index contributed by atoms with van der Waals surface area (Å²) in [7, 11) is -7.49. The number of nitrogens with one attached hydrogen (secondary N) is 2. The molecule has 7 nitrogen and oxygen atoms in total. The summed E-state index contributed by atoms with van der Waals surface area (Å²) < 4.78 is 53.6. The smallest absolute Gasteiger partial charge is 0.264 e. The lowest BCUT2D eigenvalue weighted by Crippen LogP contribution is -2.25. The van der Waals surface area contributed by atoms with Gasteiger partial charge in [0.25, 0.3) is 10.0 Å². The van der Waals surface area contributed by atoms with E-state index in [1.807, 2.05) is 0 Å². The second-order valence-electron chi connectivity index (χ2n) is 5.32. The summed E-state index contributed by atoms with van der Waals surface area (Å²) in [5.74, 6) is 0. The molecule has 0 spiro atoms. The van der Waals surface area contributed by atoms with Crippen molar-refractivity contribution in [3.63, 3.8) is 0 Å². The molecule has 0 unspecified atom stereocenters. The molecule has 1 heterocycles. The van der Waals surface area contributed by atoms with Gasteiger partial charge in [-0.25, -0.2) is 26.5 Å². The van der Waals surface area contributed by atoms with E-state index in [0.29, 0.717) is 0 Å². The van der Waals surface area contributed by atoms with Crippen molar-refractivity contribution < 1.29 is 16.8 Å². The molecule has 24 heavy (non-hydrogen) atoms. The van der Waals surface area contributed by atoms with Gasteiger partial charge in [-0.05, 0) is 49.2 Å². The molecule has 2 N–H and O–H groups in total. The van der Waals surface area contributed by atoms with Gasteiger partial charge in [0.15, 0.2) is 0 Å². The number of hydrogen-bond donors (Lipinski definition) is 2. The Morgan fingerprint density at radius 2 is 1.67 bits per heavy atom. The van der Waals surface area contributed by atoms with Gasteiger partial charge in [0.05, 0.1) is 4.90 Å². The van der Waals surface area contributed by atoms with E-state index in [1.165, 1.54) is 42.6 Å². The Bertz CT molecular complexity index is 956. The van der Waals surface area contributed by atoms with Crippen LogP contribution in [0.3, 0.4) is 0 Å². The molecule has 1 aliphatic carbocycles. The first-order valence-corrected chi connectivity index (χ1v) is 10.4. The molecule has 1 aromatic carbocycles. The monoisotopic (exact) mass is 387 g/mol.